The van der Waals surface area contributed by atoms with Gasteiger partial charge in [0.25, 0.3) is 5.91 Å². The van der Waals surface area contributed by atoms with Gasteiger partial charge >= 0.3 is 0 Å². The maximum absolute atomic E-state index is 13.3. The molecule has 1 heterocycles. The predicted molar refractivity (Wildman–Crippen MR) is 77.6 cm³/mol. The smallest absolute Gasteiger partial charge is 0.252 e. The first kappa shape index (κ1) is 14.7. The number of nitrogens with zero attached hydrogens (tertiary/aromatic N) is 2. The number of hydrogen-bond donors (Lipinski definition) is 1. The molecule has 2 aromatic rings. The highest BCUT2D eigenvalue weighted by atomic mass is 35.5. The van der Waals surface area contributed by atoms with Gasteiger partial charge in [-0.15, -0.1) is 0 Å². The Labute approximate surface area is 121 Å². The second-order valence-electron chi connectivity index (χ2n) is 4.71. The van der Waals surface area contributed by atoms with Gasteiger partial charge in [0.15, 0.2) is 0 Å². The fraction of sp³-hybridized carbons (Fsp3) is 0.286. The highest BCUT2D eigenvalue weighted by molar-refractivity contribution is 6.30. The molecule has 2 rings (SSSR count). The fourth-order valence-corrected chi connectivity index (χ4v) is 2.04. The lowest BCUT2D eigenvalue weighted by molar-refractivity contribution is 0.0952. The zero-order chi connectivity index (χ0) is 14.7. The van der Waals surface area contributed by atoms with Crippen molar-refractivity contribution in [2.75, 3.05) is 27.2 Å². The summed E-state index contributed by atoms with van der Waals surface area (Å²) in [6, 6.07) is 5.54. The molecule has 6 heteroatoms. The Kier molecular flexibility index (Phi) is 4.52. The number of nitrogens with one attached hydrogen (secondary N) is 1. The number of benzene rings is 1. The molecule has 0 saturated heterocycles. The molecule has 1 aromatic carbocycles. The van der Waals surface area contributed by atoms with Crippen LogP contribution in [0.5, 0.6) is 0 Å². The molecule has 0 aliphatic carbocycles. The highest BCUT2D eigenvalue weighted by Crippen LogP contribution is 2.21. The van der Waals surface area contributed by atoms with Crippen LogP contribution in [-0.4, -0.2) is 43.0 Å². The Balaban J connectivity index is 2.32. The largest absolute Gasteiger partial charge is 0.351 e. The molecule has 20 heavy (non-hydrogen) atoms. The standard InChI is InChI=1S/C14H15ClFN3O/c1-19(2)6-5-17-14(20)11-8-13(15)18-12-4-3-9(16)7-10(11)12/h3-4,7-8H,5-6H2,1-2H3,(H,17,20). The molecule has 0 radical (unpaired) electrons. The number of pyridine rings is 1. The van der Waals surface area contributed by atoms with Crippen molar-refractivity contribution < 1.29 is 9.18 Å². The minimum absolute atomic E-state index is 0.210. The first-order chi connectivity index (χ1) is 9.47. The van der Waals surface area contributed by atoms with Gasteiger partial charge in [0.05, 0.1) is 11.1 Å². The number of carbonyl (C=O) groups excluding carboxylic acids is 1. The van der Waals surface area contributed by atoms with Crippen LogP contribution in [0.25, 0.3) is 10.9 Å². The number of aromatic nitrogens is 1. The molecule has 0 atom stereocenters. The third-order valence-electron chi connectivity index (χ3n) is 2.83. The van der Waals surface area contributed by atoms with Crippen LogP contribution in [0.2, 0.25) is 5.15 Å². The maximum atomic E-state index is 13.3. The summed E-state index contributed by atoms with van der Waals surface area (Å²) in [5.74, 6) is -0.698. The van der Waals surface area contributed by atoms with Gasteiger partial charge in [0, 0.05) is 18.5 Å². The number of likely N-dealkylation sites (N-methyl/N-ethyl adjacent to an activating group) is 1. The average molecular weight is 296 g/mol. The van der Waals surface area contributed by atoms with E-state index in [0.29, 0.717) is 23.0 Å². The summed E-state index contributed by atoms with van der Waals surface area (Å²) < 4.78 is 13.3. The van der Waals surface area contributed by atoms with Crippen LogP contribution >= 0.6 is 11.6 Å². The zero-order valence-electron chi connectivity index (χ0n) is 11.3. The Morgan fingerprint density at radius 2 is 2.15 bits per heavy atom. The third-order valence-corrected chi connectivity index (χ3v) is 3.02. The van der Waals surface area contributed by atoms with E-state index in [1.54, 1.807) is 0 Å². The molecule has 106 valence electrons. The van der Waals surface area contributed by atoms with Gasteiger partial charge in [0.1, 0.15) is 11.0 Å². The van der Waals surface area contributed by atoms with Crippen LogP contribution in [-0.2, 0) is 0 Å². The molecule has 0 fully saturated rings. The molecule has 0 aliphatic heterocycles. The van der Waals surface area contributed by atoms with Gasteiger partial charge in [0.2, 0.25) is 0 Å². The number of carbonyl (C=O) groups is 1. The quantitative estimate of drug-likeness (QED) is 0.881. The lowest BCUT2D eigenvalue weighted by Crippen LogP contribution is -2.31. The van der Waals surface area contributed by atoms with Crippen molar-refractivity contribution in [3.05, 3.63) is 40.8 Å². The van der Waals surface area contributed by atoms with Crippen molar-refractivity contribution in [3.63, 3.8) is 0 Å². The summed E-state index contributed by atoms with van der Waals surface area (Å²) in [7, 11) is 3.83. The van der Waals surface area contributed by atoms with E-state index in [2.05, 4.69) is 10.3 Å². The number of fused-ring (bicyclic) bond motifs is 1. The van der Waals surface area contributed by atoms with Gasteiger partial charge < -0.3 is 10.2 Å². The fourth-order valence-electron chi connectivity index (χ4n) is 1.84. The Hall–Kier alpha value is -1.72. The first-order valence-electron chi connectivity index (χ1n) is 6.16. The average Bonchev–Trinajstić information content (AvgIpc) is 2.37. The van der Waals surface area contributed by atoms with Crippen LogP contribution in [0.4, 0.5) is 4.39 Å². The third kappa shape index (κ3) is 3.43. The van der Waals surface area contributed by atoms with Crippen molar-refractivity contribution in [2.24, 2.45) is 0 Å². The Morgan fingerprint density at radius 3 is 2.85 bits per heavy atom. The van der Waals surface area contributed by atoms with Crippen LogP contribution in [0.1, 0.15) is 10.4 Å². The minimum Gasteiger partial charge on any atom is -0.351 e. The summed E-state index contributed by atoms with van der Waals surface area (Å²) in [6.45, 7) is 1.22. The van der Waals surface area contributed by atoms with E-state index in [1.807, 2.05) is 19.0 Å². The minimum atomic E-state index is -0.413. The van der Waals surface area contributed by atoms with E-state index in [0.717, 1.165) is 6.54 Å². The number of amides is 1. The summed E-state index contributed by atoms with van der Waals surface area (Å²) >= 11 is 5.90. The van der Waals surface area contributed by atoms with Crippen LogP contribution < -0.4 is 5.32 Å². The molecule has 0 unspecified atom stereocenters. The summed E-state index contributed by atoms with van der Waals surface area (Å²) in [6.07, 6.45) is 0. The molecule has 0 saturated carbocycles. The zero-order valence-corrected chi connectivity index (χ0v) is 12.0. The van der Waals surface area contributed by atoms with Crippen LogP contribution in [0.3, 0.4) is 0 Å². The Morgan fingerprint density at radius 1 is 1.40 bits per heavy atom. The van der Waals surface area contributed by atoms with Crippen LogP contribution in [0, 0.1) is 5.82 Å². The summed E-state index contributed by atoms with van der Waals surface area (Å²) in [5, 5.41) is 3.45. The maximum Gasteiger partial charge on any atom is 0.252 e. The first-order valence-corrected chi connectivity index (χ1v) is 6.54. The molecule has 0 aliphatic rings. The monoisotopic (exact) mass is 295 g/mol. The normalized spacial score (nSPS) is 11.1. The molecular formula is C14H15ClFN3O. The lowest BCUT2D eigenvalue weighted by Gasteiger charge is -2.11. The van der Waals surface area contributed by atoms with E-state index in [9.17, 15) is 9.18 Å². The van der Waals surface area contributed by atoms with Gasteiger partial charge in [-0.25, -0.2) is 9.37 Å². The molecule has 4 nitrogen and oxygen atoms in total. The topological polar surface area (TPSA) is 45.2 Å². The molecule has 0 bridgehead atoms. The van der Waals surface area contributed by atoms with E-state index in [4.69, 9.17) is 11.6 Å². The molecule has 1 N–H and O–H groups in total. The van der Waals surface area contributed by atoms with Gasteiger partial charge in [-0.1, -0.05) is 11.6 Å². The van der Waals surface area contributed by atoms with E-state index < -0.39 is 5.82 Å². The van der Waals surface area contributed by atoms with Crippen molar-refractivity contribution >= 4 is 28.4 Å². The van der Waals surface area contributed by atoms with E-state index in [-0.39, 0.29) is 11.1 Å². The van der Waals surface area contributed by atoms with Gasteiger partial charge in [-0.3, -0.25) is 4.79 Å². The molecule has 0 spiro atoms. The SMILES string of the molecule is CN(C)CCNC(=O)c1cc(Cl)nc2ccc(F)cc12. The number of rotatable bonds is 4. The summed E-state index contributed by atoms with van der Waals surface area (Å²) in [4.78, 5) is 18.2. The molecular weight excluding hydrogens is 281 g/mol. The number of hydrogen-bond acceptors (Lipinski definition) is 3. The second-order valence-corrected chi connectivity index (χ2v) is 5.10. The predicted octanol–water partition coefficient (Wildman–Crippen LogP) is 2.32. The highest BCUT2D eigenvalue weighted by Gasteiger charge is 2.13. The second kappa shape index (κ2) is 6.15. The summed E-state index contributed by atoms with van der Waals surface area (Å²) in [5.41, 5.74) is 0.829. The number of halogens is 2. The van der Waals surface area contributed by atoms with E-state index >= 15 is 0 Å². The van der Waals surface area contributed by atoms with Crippen molar-refractivity contribution in [1.82, 2.24) is 15.2 Å². The van der Waals surface area contributed by atoms with E-state index in [1.165, 1.54) is 24.3 Å². The van der Waals surface area contributed by atoms with Crippen molar-refractivity contribution in [3.8, 4) is 0 Å². The van der Waals surface area contributed by atoms with Crippen molar-refractivity contribution in [1.29, 1.82) is 0 Å². The molecule has 1 amide bonds. The molecule has 1 aromatic heterocycles. The van der Waals surface area contributed by atoms with Crippen LogP contribution in [0.15, 0.2) is 24.3 Å². The van der Waals surface area contributed by atoms with Gasteiger partial charge in [-0.05, 0) is 38.4 Å². The van der Waals surface area contributed by atoms with Crippen molar-refractivity contribution in [2.45, 2.75) is 0 Å². The van der Waals surface area contributed by atoms with Gasteiger partial charge in [-0.2, -0.15) is 0 Å². The Bertz CT molecular complexity index is 646. The lowest BCUT2D eigenvalue weighted by atomic mass is 10.1.